The summed E-state index contributed by atoms with van der Waals surface area (Å²) in [6, 6.07) is 15.5. The zero-order chi connectivity index (χ0) is 25.3. The molecule has 1 saturated heterocycles. The molecule has 0 N–H and O–H groups in total. The summed E-state index contributed by atoms with van der Waals surface area (Å²) in [4.78, 5) is 17.4. The number of rotatable bonds is 7. The number of carbonyl (C=O) groups is 1. The Morgan fingerprint density at radius 3 is 2.69 bits per heavy atom. The highest BCUT2D eigenvalue weighted by Gasteiger charge is 2.40. The summed E-state index contributed by atoms with van der Waals surface area (Å²) in [5.41, 5.74) is 3.48. The minimum Gasteiger partial charge on any atom is -0.443 e. The van der Waals surface area contributed by atoms with Crippen molar-refractivity contribution in [1.82, 2.24) is 9.29 Å². The molecular formula is C27H22FN3O4S. The van der Waals surface area contributed by atoms with Gasteiger partial charge in [-0.1, -0.05) is 12.1 Å². The molecule has 0 amide bonds. The third kappa shape index (κ3) is 4.65. The standard InChI is InChI=1S/C27H22FN3O4S/c28-23-8-10-26-21(13-23)14-27(35-26)36(33,34)31-11-1-2-24(31)25(32)9-5-19-12-22(17-30-16-19)20-6-3-18(15-29)4-7-20/h3-4,6-8,10,12-14,16-17,24H,1-2,5,9,11H2. The van der Waals surface area contributed by atoms with Crippen molar-refractivity contribution in [3.8, 4) is 17.2 Å². The van der Waals surface area contributed by atoms with Crippen molar-refractivity contribution in [3.63, 3.8) is 0 Å². The predicted molar refractivity (Wildman–Crippen MR) is 131 cm³/mol. The average molecular weight is 504 g/mol. The van der Waals surface area contributed by atoms with Gasteiger partial charge in [0, 0.05) is 42.4 Å². The molecule has 1 atom stereocenters. The largest absolute Gasteiger partial charge is 0.443 e. The molecule has 2 aromatic carbocycles. The lowest BCUT2D eigenvalue weighted by molar-refractivity contribution is -0.122. The maximum atomic E-state index is 13.5. The van der Waals surface area contributed by atoms with Gasteiger partial charge in [-0.3, -0.25) is 9.78 Å². The Kier molecular flexibility index (Phi) is 6.39. The van der Waals surface area contributed by atoms with Crippen LogP contribution in [0.15, 0.2) is 76.5 Å². The van der Waals surface area contributed by atoms with Gasteiger partial charge in [0.2, 0.25) is 5.09 Å². The van der Waals surface area contributed by atoms with E-state index in [1.165, 1.54) is 28.6 Å². The molecule has 9 heteroatoms. The number of halogens is 1. The molecular weight excluding hydrogens is 481 g/mol. The molecule has 1 aliphatic heterocycles. The number of hydrogen-bond acceptors (Lipinski definition) is 6. The normalized spacial score (nSPS) is 16.3. The average Bonchev–Trinajstić information content (AvgIpc) is 3.56. The molecule has 1 unspecified atom stereocenters. The molecule has 36 heavy (non-hydrogen) atoms. The Bertz CT molecular complexity index is 1590. The first kappa shape index (κ1) is 23.9. The molecule has 1 aliphatic rings. The minimum absolute atomic E-state index is 0.165. The second kappa shape index (κ2) is 9.64. The molecule has 0 saturated carbocycles. The number of hydrogen-bond donors (Lipinski definition) is 0. The van der Waals surface area contributed by atoms with Crippen molar-refractivity contribution in [1.29, 1.82) is 5.26 Å². The van der Waals surface area contributed by atoms with Crippen molar-refractivity contribution in [3.05, 3.63) is 83.9 Å². The fourth-order valence-corrected chi connectivity index (χ4v) is 6.17. The molecule has 0 radical (unpaired) electrons. The van der Waals surface area contributed by atoms with Crippen molar-refractivity contribution < 1.29 is 22.0 Å². The maximum Gasteiger partial charge on any atom is 0.277 e. The lowest BCUT2D eigenvalue weighted by Crippen LogP contribution is -2.40. The van der Waals surface area contributed by atoms with Crippen LogP contribution >= 0.6 is 0 Å². The summed E-state index contributed by atoms with van der Waals surface area (Å²) >= 11 is 0. The van der Waals surface area contributed by atoms with Crippen LogP contribution in [0.3, 0.4) is 0 Å². The van der Waals surface area contributed by atoms with E-state index in [0.29, 0.717) is 30.2 Å². The van der Waals surface area contributed by atoms with Gasteiger partial charge >= 0.3 is 0 Å². The second-order valence-electron chi connectivity index (χ2n) is 8.76. The quantitative estimate of drug-likeness (QED) is 0.357. The van der Waals surface area contributed by atoms with Crippen LogP contribution in [0, 0.1) is 17.1 Å². The zero-order valence-corrected chi connectivity index (χ0v) is 20.0. The second-order valence-corrected chi connectivity index (χ2v) is 10.6. The number of aromatic nitrogens is 1. The lowest BCUT2D eigenvalue weighted by atomic mass is 10.0. The van der Waals surface area contributed by atoms with Gasteiger partial charge in [-0.2, -0.15) is 9.57 Å². The highest BCUT2D eigenvalue weighted by molar-refractivity contribution is 7.89. The smallest absolute Gasteiger partial charge is 0.277 e. The van der Waals surface area contributed by atoms with Crippen LogP contribution in [0.2, 0.25) is 0 Å². The van der Waals surface area contributed by atoms with Crippen molar-refractivity contribution in [2.45, 2.75) is 36.8 Å². The summed E-state index contributed by atoms with van der Waals surface area (Å²) in [6.07, 6.45) is 5.01. The molecule has 3 heterocycles. The third-order valence-electron chi connectivity index (χ3n) is 6.40. The van der Waals surface area contributed by atoms with E-state index in [-0.39, 0.29) is 29.4 Å². The molecule has 2 aromatic heterocycles. The van der Waals surface area contributed by atoms with Gasteiger partial charge in [-0.25, -0.2) is 12.8 Å². The van der Waals surface area contributed by atoms with Crippen molar-refractivity contribution >= 4 is 26.8 Å². The Morgan fingerprint density at radius 2 is 1.92 bits per heavy atom. The Labute approximate surface area is 207 Å². The fourth-order valence-electron chi connectivity index (χ4n) is 4.54. The molecule has 4 aromatic rings. The monoisotopic (exact) mass is 503 g/mol. The van der Waals surface area contributed by atoms with E-state index in [2.05, 4.69) is 11.1 Å². The van der Waals surface area contributed by atoms with Gasteiger partial charge in [0.05, 0.1) is 17.7 Å². The summed E-state index contributed by atoms with van der Waals surface area (Å²) in [7, 11) is -4.05. The highest BCUT2D eigenvalue weighted by Crippen LogP contribution is 2.31. The van der Waals surface area contributed by atoms with Crippen LogP contribution in [0.1, 0.15) is 30.4 Å². The van der Waals surface area contributed by atoms with Crippen molar-refractivity contribution in [2.75, 3.05) is 6.54 Å². The van der Waals surface area contributed by atoms with E-state index in [9.17, 15) is 17.6 Å². The molecule has 0 bridgehead atoms. The number of nitriles is 1. The number of sulfonamides is 1. The van der Waals surface area contributed by atoms with Crippen LogP contribution in [0.25, 0.3) is 22.1 Å². The SMILES string of the molecule is N#Cc1ccc(-c2cncc(CCC(=O)C3CCCN3S(=O)(=O)c3cc4cc(F)ccc4o3)c2)cc1. The number of carbonyl (C=O) groups excluding carboxylic acids is 1. The highest BCUT2D eigenvalue weighted by atomic mass is 32.2. The van der Waals surface area contributed by atoms with Gasteiger partial charge in [0.1, 0.15) is 11.4 Å². The number of furan rings is 1. The molecule has 7 nitrogen and oxygen atoms in total. The minimum atomic E-state index is -4.05. The number of benzene rings is 2. The number of fused-ring (bicyclic) bond motifs is 1. The van der Waals surface area contributed by atoms with E-state index < -0.39 is 21.9 Å². The topological polar surface area (TPSA) is 104 Å². The predicted octanol–water partition coefficient (Wildman–Crippen LogP) is 4.86. The fraction of sp³-hybridized carbons (Fsp3) is 0.222. The molecule has 182 valence electrons. The third-order valence-corrected chi connectivity index (χ3v) is 8.16. The first-order valence-corrected chi connectivity index (χ1v) is 13.0. The number of nitrogens with zero attached hydrogens (tertiary/aromatic N) is 3. The Balaban J connectivity index is 1.30. The molecule has 5 rings (SSSR count). The summed E-state index contributed by atoms with van der Waals surface area (Å²) in [5.74, 6) is -0.652. The summed E-state index contributed by atoms with van der Waals surface area (Å²) < 4.78 is 46.8. The number of ketones is 1. The number of aryl methyl sites for hydroxylation is 1. The van der Waals surface area contributed by atoms with Crippen molar-refractivity contribution in [2.24, 2.45) is 0 Å². The van der Waals surface area contributed by atoms with Crippen LogP contribution in [0.4, 0.5) is 4.39 Å². The van der Waals surface area contributed by atoms with E-state index in [1.807, 2.05) is 18.2 Å². The molecule has 0 spiro atoms. The molecule has 1 fully saturated rings. The van der Waals surface area contributed by atoms with Gasteiger partial charge in [-0.05, 0) is 66.8 Å². The Hall–Kier alpha value is -3.87. The van der Waals surface area contributed by atoms with Gasteiger partial charge in [0.25, 0.3) is 10.0 Å². The first-order chi connectivity index (χ1) is 17.3. The number of pyridine rings is 1. The van der Waals surface area contributed by atoms with Crippen LogP contribution in [0.5, 0.6) is 0 Å². The summed E-state index contributed by atoms with van der Waals surface area (Å²) in [6.45, 7) is 0.222. The Morgan fingerprint density at radius 1 is 1.11 bits per heavy atom. The maximum absolute atomic E-state index is 13.5. The number of Topliss-reactive ketones (excluding diaryl/α,β-unsaturated/α-hetero) is 1. The van der Waals surface area contributed by atoms with Crippen LogP contribution < -0.4 is 0 Å². The van der Waals surface area contributed by atoms with Crippen LogP contribution in [-0.2, 0) is 21.2 Å². The first-order valence-electron chi connectivity index (χ1n) is 11.5. The zero-order valence-electron chi connectivity index (χ0n) is 19.2. The molecule has 0 aliphatic carbocycles. The van der Waals surface area contributed by atoms with E-state index in [1.54, 1.807) is 24.5 Å². The summed E-state index contributed by atoms with van der Waals surface area (Å²) in [5, 5.41) is 9.04. The van der Waals surface area contributed by atoms with E-state index >= 15 is 0 Å². The van der Waals surface area contributed by atoms with E-state index in [4.69, 9.17) is 9.68 Å². The van der Waals surface area contributed by atoms with Crippen LogP contribution in [-0.4, -0.2) is 36.1 Å². The van der Waals surface area contributed by atoms with Gasteiger partial charge in [0.15, 0.2) is 5.78 Å². The van der Waals surface area contributed by atoms with Gasteiger partial charge in [-0.15, -0.1) is 0 Å². The van der Waals surface area contributed by atoms with Gasteiger partial charge < -0.3 is 4.42 Å². The lowest BCUT2D eigenvalue weighted by Gasteiger charge is -2.21. The van der Waals surface area contributed by atoms with E-state index in [0.717, 1.165) is 16.7 Å².